The van der Waals surface area contributed by atoms with Gasteiger partial charge in [0.25, 0.3) is 11.7 Å². The van der Waals surface area contributed by atoms with Gasteiger partial charge in [-0.3, -0.25) is 9.59 Å². The van der Waals surface area contributed by atoms with Crippen LogP contribution in [0.5, 0.6) is 5.75 Å². The number of benzene rings is 3. The normalized spacial score (nSPS) is 16.6. The number of aliphatic hydroxyl groups excluding tert-OH is 1. The van der Waals surface area contributed by atoms with E-state index in [1.807, 2.05) is 44.2 Å². The maximum Gasteiger partial charge on any atom is 0.338 e. The van der Waals surface area contributed by atoms with Crippen LogP contribution in [-0.4, -0.2) is 40.9 Å². The Labute approximate surface area is 222 Å². The smallest absolute Gasteiger partial charge is 0.338 e. The standard InChI is InChI=1S/C31H31NO6/c1-4-37-31(36)23-15-13-21(14-16-23)18-32-27(22-9-6-5-7-10-22)26(29(34)30(32)35)28(33)24-11-8-12-25(17-24)38-19-20(2)3/h5-17,20,27,33H,4,18-19H2,1-3H3/b28-26+. The highest BCUT2D eigenvalue weighted by atomic mass is 16.5. The average Bonchev–Trinajstić information content (AvgIpc) is 3.17. The molecule has 0 saturated carbocycles. The van der Waals surface area contributed by atoms with Crippen molar-refractivity contribution in [2.45, 2.75) is 33.4 Å². The predicted octanol–water partition coefficient (Wildman–Crippen LogP) is 5.52. The van der Waals surface area contributed by atoms with Crippen LogP contribution in [0.25, 0.3) is 5.76 Å². The van der Waals surface area contributed by atoms with Crippen molar-refractivity contribution in [3.05, 3.63) is 107 Å². The number of Topliss-reactive ketones (excluding diaryl/α,β-unsaturated/α-hetero) is 1. The lowest BCUT2D eigenvalue weighted by molar-refractivity contribution is -0.140. The molecule has 0 aromatic heterocycles. The molecule has 1 amide bonds. The summed E-state index contributed by atoms with van der Waals surface area (Å²) in [6, 6.07) is 21.9. The van der Waals surface area contributed by atoms with Gasteiger partial charge in [0.2, 0.25) is 0 Å². The summed E-state index contributed by atoms with van der Waals surface area (Å²) in [5.74, 6) is -1.26. The fourth-order valence-electron chi connectivity index (χ4n) is 4.33. The van der Waals surface area contributed by atoms with Gasteiger partial charge in [0.05, 0.1) is 30.4 Å². The molecule has 38 heavy (non-hydrogen) atoms. The van der Waals surface area contributed by atoms with Crippen LogP contribution in [0.4, 0.5) is 0 Å². The van der Waals surface area contributed by atoms with Gasteiger partial charge in [-0.1, -0.05) is 68.4 Å². The summed E-state index contributed by atoms with van der Waals surface area (Å²) < 4.78 is 10.8. The zero-order chi connectivity index (χ0) is 27.2. The van der Waals surface area contributed by atoms with E-state index in [-0.39, 0.29) is 24.5 Å². The minimum absolute atomic E-state index is 0.0188. The van der Waals surface area contributed by atoms with Crippen LogP contribution in [0.3, 0.4) is 0 Å². The fraction of sp³-hybridized carbons (Fsp3) is 0.258. The second-order valence-electron chi connectivity index (χ2n) is 9.49. The third kappa shape index (κ3) is 5.78. The molecule has 3 aromatic rings. The first-order valence-corrected chi connectivity index (χ1v) is 12.6. The van der Waals surface area contributed by atoms with Crippen molar-refractivity contribution >= 4 is 23.4 Å². The third-order valence-electron chi connectivity index (χ3n) is 6.16. The van der Waals surface area contributed by atoms with E-state index in [0.29, 0.717) is 35.0 Å². The number of carbonyl (C=O) groups is 3. The highest BCUT2D eigenvalue weighted by Gasteiger charge is 2.46. The van der Waals surface area contributed by atoms with Crippen LogP contribution >= 0.6 is 0 Å². The molecule has 4 rings (SSSR count). The monoisotopic (exact) mass is 513 g/mol. The van der Waals surface area contributed by atoms with Crippen molar-refractivity contribution in [2.75, 3.05) is 13.2 Å². The minimum atomic E-state index is -0.791. The zero-order valence-electron chi connectivity index (χ0n) is 21.7. The van der Waals surface area contributed by atoms with Crippen molar-refractivity contribution < 1.29 is 29.0 Å². The number of amides is 1. The summed E-state index contributed by atoms with van der Waals surface area (Å²) in [4.78, 5) is 40.1. The highest BCUT2D eigenvalue weighted by Crippen LogP contribution is 2.40. The Morgan fingerprint density at radius 2 is 1.66 bits per heavy atom. The van der Waals surface area contributed by atoms with Crippen LogP contribution in [0.2, 0.25) is 0 Å². The summed E-state index contributed by atoms with van der Waals surface area (Å²) in [5, 5.41) is 11.3. The van der Waals surface area contributed by atoms with Crippen molar-refractivity contribution in [1.29, 1.82) is 0 Å². The highest BCUT2D eigenvalue weighted by molar-refractivity contribution is 6.46. The molecule has 7 heteroatoms. The number of hydrogen-bond donors (Lipinski definition) is 1. The van der Waals surface area contributed by atoms with E-state index in [0.717, 1.165) is 5.56 Å². The summed E-state index contributed by atoms with van der Waals surface area (Å²) >= 11 is 0. The number of ketones is 1. The van der Waals surface area contributed by atoms with E-state index < -0.39 is 23.7 Å². The van der Waals surface area contributed by atoms with Gasteiger partial charge in [0.15, 0.2) is 0 Å². The molecular weight excluding hydrogens is 482 g/mol. The molecule has 1 fully saturated rings. The number of likely N-dealkylation sites (tertiary alicyclic amines) is 1. The Kier molecular flexibility index (Phi) is 8.26. The number of rotatable bonds is 9. The minimum Gasteiger partial charge on any atom is -0.507 e. The van der Waals surface area contributed by atoms with Gasteiger partial charge >= 0.3 is 5.97 Å². The molecule has 1 heterocycles. The van der Waals surface area contributed by atoms with Crippen molar-refractivity contribution in [1.82, 2.24) is 4.90 Å². The molecular formula is C31H31NO6. The van der Waals surface area contributed by atoms with Gasteiger partial charge in [-0.2, -0.15) is 0 Å². The molecule has 1 saturated heterocycles. The second-order valence-corrected chi connectivity index (χ2v) is 9.49. The Morgan fingerprint density at radius 3 is 2.32 bits per heavy atom. The lowest BCUT2D eigenvalue weighted by Crippen LogP contribution is -2.29. The molecule has 1 unspecified atom stereocenters. The van der Waals surface area contributed by atoms with Gasteiger partial charge < -0.3 is 19.5 Å². The Bertz CT molecular complexity index is 1340. The van der Waals surface area contributed by atoms with Gasteiger partial charge in [-0.25, -0.2) is 4.79 Å². The maximum absolute atomic E-state index is 13.3. The predicted molar refractivity (Wildman–Crippen MR) is 143 cm³/mol. The Hall–Kier alpha value is -4.39. The largest absolute Gasteiger partial charge is 0.507 e. The molecule has 1 N–H and O–H groups in total. The van der Waals surface area contributed by atoms with Crippen LogP contribution in [-0.2, 0) is 20.9 Å². The summed E-state index contributed by atoms with van der Waals surface area (Å²) in [7, 11) is 0. The first-order valence-electron chi connectivity index (χ1n) is 12.6. The number of ether oxygens (including phenoxy) is 2. The second kappa shape index (κ2) is 11.8. The van der Waals surface area contributed by atoms with Crippen LogP contribution < -0.4 is 4.74 Å². The van der Waals surface area contributed by atoms with E-state index in [1.54, 1.807) is 55.5 Å². The summed E-state index contributed by atoms with van der Waals surface area (Å²) in [6.45, 7) is 6.71. The van der Waals surface area contributed by atoms with Crippen molar-refractivity contribution in [3.63, 3.8) is 0 Å². The van der Waals surface area contributed by atoms with E-state index in [4.69, 9.17) is 9.47 Å². The van der Waals surface area contributed by atoms with Crippen LogP contribution in [0.15, 0.2) is 84.4 Å². The first-order chi connectivity index (χ1) is 18.3. The average molecular weight is 514 g/mol. The van der Waals surface area contributed by atoms with E-state index >= 15 is 0 Å². The maximum atomic E-state index is 13.3. The van der Waals surface area contributed by atoms with Gasteiger partial charge in [0, 0.05) is 12.1 Å². The molecule has 0 spiro atoms. The van der Waals surface area contributed by atoms with Crippen LogP contribution in [0.1, 0.15) is 53.9 Å². The molecule has 0 radical (unpaired) electrons. The Morgan fingerprint density at radius 1 is 0.947 bits per heavy atom. The quantitative estimate of drug-likeness (QED) is 0.175. The Balaban J connectivity index is 1.72. The zero-order valence-corrected chi connectivity index (χ0v) is 21.7. The van der Waals surface area contributed by atoms with E-state index in [1.165, 1.54) is 4.90 Å². The molecule has 0 aliphatic carbocycles. The van der Waals surface area contributed by atoms with Crippen molar-refractivity contribution in [3.8, 4) is 5.75 Å². The number of carbonyl (C=O) groups excluding carboxylic acids is 3. The third-order valence-corrected chi connectivity index (χ3v) is 6.16. The fourth-order valence-corrected chi connectivity index (χ4v) is 4.33. The van der Waals surface area contributed by atoms with Crippen molar-refractivity contribution in [2.24, 2.45) is 5.92 Å². The number of hydrogen-bond acceptors (Lipinski definition) is 6. The summed E-state index contributed by atoms with van der Waals surface area (Å²) in [6.07, 6.45) is 0. The SMILES string of the molecule is CCOC(=O)c1ccc(CN2C(=O)C(=O)/C(=C(/O)c3cccc(OCC(C)C)c3)C2c2ccccc2)cc1. The summed E-state index contributed by atoms with van der Waals surface area (Å²) in [5.41, 5.74) is 2.24. The van der Waals surface area contributed by atoms with Crippen LogP contribution in [0, 0.1) is 5.92 Å². The molecule has 1 aliphatic heterocycles. The van der Waals surface area contributed by atoms with Gasteiger partial charge in [-0.05, 0) is 48.2 Å². The molecule has 1 aliphatic rings. The lowest BCUT2D eigenvalue weighted by atomic mass is 9.95. The topological polar surface area (TPSA) is 93.1 Å². The van der Waals surface area contributed by atoms with E-state index in [9.17, 15) is 19.5 Å². The number of nitrogens with zero attached hydrogens (tertiary/aromatic N) is 1. The number of aliphatic hydroxyl groups is 1. The molecule has 7 nitrogen and oxygen atoms in total. The number of esters is 1. The van der Waals surface area contributed by atoms with Gasteiger partial charge in [0.1, 0.15) is 11.5 Å². The molecule has 3 aromatic carbocycles. The lowest BCUT2D eigenvalue weighted by Gasteiger charge is -2.25. The molecule has 196 valence electrons. The molecule has 1 atom stereocenters. The molecule has 0 bridgehead atoms. The van der Waals surface area contributed by atoms with E-state index in [2.05, 4.69) is 0 Å². The first kappa shape index (κ1) is 26.7. The van der Waals surface area contributed by atoms with Gasteiger partial charge in [-0.15, -0.1) is 0 Å².